The molecule has 1 aromatic carbocycles. The van der Waals surface area contributed by atoms with Gasteiger partial charge < -0.3 is 71.3 Å². The predicted molar refractivity (Wildman–Crippen MR) is 296 cm³/mol. The van der Waals surface area contributed by atoms with E-state index in [-0.39, 0.29) is 93.1 Å². The lowest BCUT2D eigenvalue weighted by Gasteiger charge is -2.35. The first-order valence-corrected chi connectivity index (χ1v) is 27.6. The molecule has 2 aromatic heterocycles. The highest BCUT2D eigenvalue weighted by Crippen LogP contribution is 2.42. The van der Waals surface area contributed by atoms with Crippen molar-refractivity contribution in [1.29, 1.82) is 0 Å². The lowest BCUT2D eigenvalue weighted by atomic mass is 9.84. The molecule has 3 aliphatic heterocycles. The zero-order valence-corrected chi connectivity index (χ0v) is 47.5. The lowest BCUT2D eigenvalue weighted by Crippen LogP contribution is -2.57. The number of aryl methyl sites for hydroxylation is 1. The highest BCUT2D eigenvalue weighted by atomic mass is 19.1. The molecule has 0 radical (unpaired) electrons. The first-order chi connectivity index (χ1) is 38.8. The van der Waals surface area contributed by atoms with Gasteiger partial charge in [-0.25, -0.2) is 9.37 Å². The molecule has 0 spiro atoms. The molecule has 82 heavy (non-hydrogen) atoms. The van der Waals surface area contributed by atoms with Crippen LogP contribution in [0.1, 0.15) is 121 Å². The maximum atomic E-state index is 15.4. The maximum absolute atomic E-state index is 15.4. The van der Waals surface area contributed by atoms with Crippen LogP contribution in [-0.4, -0.2) is 162 Å². The molecule has 0 unspecified atom stereocenters. The monoisotopic (exact) mass is 1150 g/mol. The van der Waals surface area contributed by atoms with Gasteiger partial charge in [0.15, 0.2) is 0 Å². The summed E-state index contributed by atoms with van der Waals surface area (Å²) in [4.78, 5) is 105. The standard InChI is InChI=1S/C48H60FN7O10.C9H19NO6/c1-8-48(64)30(7)66-24-34-35(48)21-38-43-31(23-56(38)47(34)63)20-33-32(27(4)36(49)22-37(33)53-43)14-11-13-19-65-25-50-44(60)28(5)52-46(62)42(26(2)3)54-45(61)29(6)51-39(57)15-10-9-12-18-55-40(58)16-17-41(55)59;1-2-7(14)10-3-5(12)8(15)9(16)6(13)4-11/h16-17,20-22,26,28-29,42,64H,7-15,18-19,23-25H2,1-6H3,(H,50,60)(H,51,57)(H,52,62)(H,54,61);5-6,8-9,11-13,15-16H,2-4H2,1H3,(H,10,14)/t28-,29-,42-,48+;5-,6+,8+,9+/m00/s1. The summed E-state index contributed by atoms with van der Waals surface area (Å²) in [6.07, 6.45) is 0.233. The van der Waals surface area contributed by atoms with Crippen LogP contribution in [0, 0.1) is 18.7 Å². The molecular formula is C57H79FN8O16. The average molecular weight is 1150 g/mol. The molecule has 5 heterocycles. The van der Waals surface area contributed by atoms with Crippen LogP contribution in [0.4, 0.5) is 4.39 Å². The summed E-state index contributed by atoms with van der Waals surface area (Å²) in [6.45, 7) is 15.3. The summed E-state index contributed by atoms with van der Waals surface area (Å²) in [5, 5.41) is 70.6. The number of carbonyl (C=O) groups excluding carboxylic acids is 7. The second-order valence-corrected chi connectivity index (χ2v) is 21.0. The van der Waals surface area contributed by atoms with E-state index in [2.05, 4.69) is 33.2 Å². The highest BCUT2D eigenvalue weighted by Gasteiger charge is 2.42. The van der Waals surface area contributed by atoms with Crippen molar-refractivity contribution >= 4 is 52.3 Å². The molecule has 8 atom stereocenters. The van der Waals surface area contributed by atoms with Gasteiger partial charge in [-0.3, -0.25) is 43.3 Å². The molecule has 0 saturated heterocycles. The molecule has 450 valence electrons. The predicted octanol–water partition coefficient (Wildman–Crippen LogP) is 0.511. The summed E-state index contributed by atoms with van der Waals surface area (Å²) in [6, 6.07) is 2.26. The molecule has 6 rings (SSSR count). The number of benzene rings is 1. The number of nitrogens with zero attached hydrogens (tertiary/aromatic N) is 3. The third-order valence-electron chi connectivity index (χ3n) is 14.7. The Labute approximate surface area is 474 Å². The van der Waals surface area contributed by atoms with Crippen molar-refractivity contribution < 1.29 is 78.1 Å². The van der Waals surface area contributed by atoms with Crippen LogP contribution in [0.5, 0.6) is 0 Å². The van der Waals surface area contributed by atoms with Crippen molar-refractivity contribution in [2.24, 2.45) is 5.92 Å². The van der Waals surface area contributed by atoms with Crippen LogP contribution in [0.3, 0.4) is 0 Å². The Morgan fingerprint density at radius 2 is 1.51 bits per heavy atom. The van der Waals surface area contributed by atoms with E-state index >= 15 is 4.39 Å². The number of halogens is 1. The number of amides is 7. The molecule has 0 bridgehead atoms. The molecule has 0 saturated carbocycles. The molecule has 3 aromatic rings. The summed E-state index contributed by atoms with van der Waals surface area (Å²) < 4.78 is 28.2. The fourth-order valence-electron chi connectivity index (χ4n) is 9.52. The van der Waals surface area contributed by atoms with E-state index in [1.807, 2.05) is 6.07 Å². The average Bonchev–Trinajstić information content (AvgIpc) is 2.13. The third kappa shape index (κ3) is 16.2. The fourth-order valence-corrected chi connectivity index (χ4v) is 9.52. The van der Waals surface area contributed by atoms with Gasteiger partial charge in [0, 0.05) is 67.3 Å². The molecule has 0 fully saturated rings. The van der Waals surface area contributed by atoms with Gasteiger partial charge in [-0.1, -0.05) is 40.7 Å². The minimum absolute atomic E-state index is 0.0108. The van der Waals surface area contributed by atoms with Gasteiger partial charge in [-0.2, -0.15) is 0 Å². The topological polar surface area (TPSA) is 358 Å². The van der Waals surface area contributed by atoms with E-state index in [1.165, 1.54) is 32.1 Å². The summed E-state index contributed by atoms with van der Waals surface area (Å²) in [7, 11) is 0. The van der Waals surface area contributed by atoms with E-state index in [0.717, 1.165) is 21.4 Å². The van der Waals surface area contributed by atoms with Crippen LogP contribution >= 0.6 is 0 Å². The van der Waals surface area contributed by atoms with E-state index < -0.39 is 78.3 Å². The largest absolute Gasteiger partial charge is 0.490 e. The molecule has 7 amide bonds. The Morgan fingerprint density at radius 1 is 0.841 bits per heavy atom. The SMILES string of the molecule is C=C1OCc2c(cc3n(c2=O)Cc2cc4c(CCCCOCNC(=O)[C@H](C)NC(=O)[C@@H](NC(=O)[C@H](C)NC(=O)CCCCCN5C(=O)C=CC5=O)C(C)C)c(C)c(F)cc4nc2-3)[C@@]1(O)CC.CCC(=O)NC[C@H](O)[C@@H](O)[C@H](O)[C@H](O)CO. The number of hydrogen-bond donors (Lipinski definition) is 11. The zero-order chi connectivity index (χ0) is 60.7. The normalized spacial score (nSPS) is 17.7. The number of pyridine rings is 2. The molecule has 3 aliphatic rings. The number of aliphatic hydroxyl groups is 6. The van der Waals surface area contributed by atoms with Gasteiger partial charge >= 0.3 is 0 Å². The van der Waals surface area contributed by atoms with E-state index in [0.29, 0.717) is 78.7 Å². The quantitative estimate of drug-likeness (QED) is 0.0210. The van der Waals surface area contributed by atoms with Crippen LogP contribution in [0.2, 0.25) is 0 Å². The number of nitrogens with one attached hydrogen (secondary N) is 5. The number of unbranched alkanes of at least 4 members (excludes halogenated alkanes) is 3. The number of carbonyl (C=O) groups is 7. The Morgan fingerprint density at radius 3 is 2.16 bits per heavy atom. The Hall–Kier alpha value is -7.00. The van der Waals surface area contributed by atoms with E-state index in [4.69, 9.17) is 24.7 Å². The van der Waals surface area contributed by atoms with Gasteiger partial charge in [0.1, 0.15) is 67.0 Å². The third-order valence-corrected chi connectivity index (χ3v) is 14.7. The van der Waals surface area contributed by atoms with Gasteiger partial charge in [-0.05, 0) is 88.5 Å². The number of aromatic nitrogens is 2. The van der Waals surface area contributed by atoms with Gasteiger partial charge in [-0.15, -0.1) is 0 Å². The molecule has 25 heteroatoms. The van der Waals surface area contributed by atoms with Crippen LogP contribution < -0.4 is 32.1 Å². The molecule has 11 N–H and O–H groups in total. The highest BCUT2D eigenvalue weighted by molar-refractivity contribution is 6.12. The van der Waals surface area contributed by atoms with Crippen LogP contribution in [0.25, 0.3) is 22.3 Å². The Bertz CT molecular complexity index is 2930. The van der Waals surface area contributed by atoms with Crippen molar-refractivity contribution in [3.8, 4) is 11.4 Å². The van der Waals surface area contributed by atoms with E-state index in [9.17, 15) is 58.8 Å². The smallest absolute Gasteiger partial charge is 0.258 e. The lowest BCUT2D eigenvalue weighted by molar-refractivity contribution is -0.137. The van der Waals surface area contributed by atoms with Crippen molar-refractivity contribution in [1.82, 2.24) is 41.0 Å². The van der Waals surface area contributed by atoms with Crippen molar-refractivity contribution in [2.75, 3.05) is 33.0 Å². The molecule has 24 nitrogen and oxygen atoms in total. The number of aliphatic hydroxyl groups excluding tert-OH is 5. The summed E-state index contributed by atoms with van der Waals surface area (Å²) in [5.74, 6) is -3.56. The maximum Gasteiger partial charge on any atom is 0.258 e. The van der Waals surface area contributed by atoms with Crippen molar-refractivity contribution in [2.45, 2.75) is 168 Å². The number of fused-ring (bicyclic) bond motifs is 5. The number of imide groups is 1. The minimum Gasteiger partial charge on any atom is -0.490 e. The number of ether oxygens (including phenoxy) is 2. The number of rotatable bonds is 28. The molecule has 0 aliphatic carbocycles. The van der Waals surface area contributed by atoms with Gasteiger partial charge in [0.05, 0.1) is 41.7 Å². The second kappa shape index (κ2) is 29.8. The number of hydrogen-bond acceptors (Lipinski definition) is 17. The first kappa shape index (κ1) is 65.8. The fraction of sp³-hybridized carbons (Fsp3) is 0.561. The summed E-state index contributed by atoms with van der Waals surface area (Å²) in [5.41, 5.74) is 2.73. The summed E-state index contributed by atoms with van der Waals surface area (Å²) >= 11 is 0. The van der Waals surface area contributed by atoms with Gasteiger partial charge in [0.2, 0.25) is 29.5 Å². The first-order valence-electron chi connectivity index (χ1n) is 27.6. The second-order valence-electron chi connectivity index (χ2n) is 21.0. The van der Waals surface area contributed by atoms with Crippen molar-refractivity contribution in [3.63, 3.8) is 0 Å². The van der Waals surface area contributed by atoms with Crippen molar-refractivity contribution in [3.05, 3.63) is 86.7 Å². The molecular weight excluding hydrogens is 1070 g/mol. The van der Waals surface area contributed by atoms with E-state index in [1.54, 1.807) is 45.3 Å². The minimum atomic E-state index is -1.67. The Balaban J connectivity index is 0.000000669. The zero-order valence-electron chi connectivity index (χ0n) is 47.5. The van der Waals surface area contributed by atoms with Gasteiger partial charge in [0.25, 0.3) is 17.4 Å². The van der Waals surface area contributed by atoms with Crippen LogP contribution in [0.15, 0.2) is 47.5 Å². The Kier molecular flexibility index (Phi) is 23.9. The van der Waals surface area contributed by atoms with Crippen LogP contribution in [-0.2, 0) is 68.2 Å².